The normalized spacial score (nSPS) is 23.3. The molecule has 9 heteroatoms. The molecule has 9 nitrogen and oxygen atoms in total. The third kappa shape index (κ3) is 4.22. The lowest BCUT2D eigenvalue weighted by Crippen LogP contribution is -2.42. The summed E-state index contributed by atoms with van der Waals surface area (Å²) in [5.41, 5.74) is 0.966. The van der Waals surface area contributed by atoms with Gasteiger partial charge in [-0.3, -0.25) is 4.79 Å². The van der Waals surface area contributed by atoms with E-state index in [2.05, 4.69) is 34.4 Å². The van der Waals surface area contributed by atoms with Gasteiger partial charge in [-0.05, 0) is 30.4 Å². The average molecular weight is 426 g/mol. The van der Waals surface area contributed by atoms with Crippen molar-refractivity contribution in [3.05, 3.63) is 29.8 Å². The molecule has 0 spiro atoms. The largest absolute Gasteiger partial charge is 0.549 e. The number of aliphatic carboxylic acids is 1. The minimum Gasteiger partial charge on any atom is -0.549 e. The van der Waals surface area contributed by atoms with Crippen molar-refractivity contribution in [1.82, 2.24) is 9.97 Å². The van der Waals surface area contributed by atoms with Gasteiger partial charge in [0.15, 0.2) is 11.6 Å². The van der Waals surface area contributed by atoms with Crippen molar-refractivity contribution in [3.63, 3.8) is 0 Å². The summed E-state index contributed by atoms with van der Waals surface area (Å²) in [6, 6.07) is 0.407. The summed E-state index contributed by atoms with van der Waals surface area (Å²) in [4.78, 5) is 35.3. The molecule has 31 heavy (non-hydrogen) atoms. The van der Waals surface area contributed by atoms with Gasteiger partial charge >= 0.3 is 0 Å². The van der Waals surface area contributed by atoms with Gasteiger partial charge < -0.3 is 30.2 Å². The summed E-state index contributed by atoms with van der Waals surface area (Å²) < 4.78 is 5.28. The van der Waals surface area contributed by atoms with Gasteiger partial charge in [-0.25, -0.2) is 4.98 Å². The van der Waals surface area contributed by atoms with E-state index in [0.717, 1.165) is 37.4 Å². The molecule has 2 aliphatic carbocycles. The summed E-state index contributed by atoms with van der Waals surface area (Å²) in [5, 5.41) is 18.0. The molecule has 3 aliphatic rings. The van der Waals surface area contributed by atoms with E-state index in [1.165, 1.54) is 32.1 Å². The summed E-state index contributed by atoms with van der Waals surface area (Å²) in [6.45, 7) is 6.09. The molecule has 1 saturated carbocycles. The minimum absolute atomic E-state index is 0.0449. The Morgan fingerprint density at radius 1 is 1.32 bits per heavy atom. The predicted molar refractivity (Wildman–Crippen MR) is 114 cm³/mol. The highest BCUT2D eigenvalue weighted by Gasteiger charge is 2.35. The Labute approximate surface area is 181 Å². The predicted octanol–water partition coefficient (Wildman–Crippen LogP) is 1.45. The molecule has 2 N–H and O–H groups in total. The molecule has 166 valence electrons. The number of ketones is 1. The third-order valence-electron chi connectivity index (χ3n) is 6.10. The van der Waals surface area contributed by atoms with Crippen molar-refractivity contribution < 1.29 is 19.4 Å². The summed E-state index contributed by atoms with van der Waals surface area (Å²) in [5.74, 6) is -2.35. The first-order valence-corrected chi connectivity index (χ1v) is 10.6. The van der Waals surface area contributed by atoms with Gasteiger partial charge in [-0.1, -0.05) is 26.7 Å². The number of ether oxygens (including phenoxy) is 1. The Hall–Kier alpha value is -3.10. The second kappa shape index (κ2) is 8.20. The van der Waals surface area contributed by atoms with Crippen molar-refractivity contribution >= 4 is 29.2 Å². The molecular weight excluding hydrogens is 398 g/mol. The van der Waals surface area contributed by atoms with Crippen molar-refractivity contribution in [2.75, 3.05) is 35.7 Å². The van der Waals surface area contributed by atoms with E-state index in [9.17, 15) is 14.7 Å². The number of hydrogen-bond donors (Lipinski definition) is 2. The van der Waals surface area contributed by atoms with E-state index < -0.39 is 17.7 Å². The van der Waals surface area contributed by atoms with E-state index in [1.807, 2.05) is 0 Å². The zero-order valence-corrected chi connectivity index (χ0v) is 18.1. The maximum atomic E-state index is 12.2. The van der Waals surface area contributed by atoms with Gasteiger partial charge in [0.25, 0.3) is 0 Å². The van der Waals surface area contributed by atoms with Crippen LogP contribution in [-0.2, 0) is 14.3 Å². The van der Waals surface area contributed by atoms with E-state index in [4.69, 9.17) is 9.72 Å². The summed E-state index contributed by atoms with van der Waals surface area (Å²) in [6.07, 6.45) is 8.95. The van der Waals surface area contributed by atoms with E-state index >= 15 is 0 Å². The minimum atomic E-state index is -1.50. The number of carboxylic acid groups (broad SMARTS) is 1. The van der Waals surface area contributed by atoms with Gasteiger partial charge in [0, 0.05) is 19.1 Å². The topological polar surface area (TPSA) is 120 Å². The molecule has 0 aromatic carbocycles. The van der Waals surface area contributed by atoms with Gasteiger partial charge in [0.2, 0.25) is 5.95 Å². The summed E-state index contributed by atoms with van der Waals surface area (Å²) >= 11 is 0. The fourth-order valence-electron chi connectivity index (χ4n) is 4.52. The van der Waals surface area contributed by atoms with Crippen molar-refractivity contribution in [1.29, 1.82) is 0 Å². The van der Waals surface area contributed by atoms with E-state index in [0.29, 0.717) is 6.04 Å². The second-order valence-corrected chi connectivity index (χ2v) is 9.11. The monoisotopic (exact) mass is 426 g/mol. The van der Waals surface area contributed by atoms with Crippen LogP contribution in [0.15, 0.2) is 29.8 Å². The van der Waals surface area contributed by atoms with E-state index in [-0.39, 0.29) is 22.8 Å². The maximum absolute atomic E-state index is 12.2. The molecule has 1 aliphatic heterocycles. The van der Waals surface area contributed by atoms with Crippen LogP contribution in [0, 0.1) is 11.3 Å². The highest BCUT2D eigenvalue weighted by atomic mass is 16.5. The number of rotatable bonds is 5. The van der Waals surface area contributed by atoms with Crippen molar-refractivity contribution in [2.45, 2.75) is 45.6 Å². The molecule has 0 amide bonds. The molecule has 1 atom stereocenters. The first-order chi connectivity index (χ1) is 14.8. The smallest absolute Gasteiger partial charge is 0.229 e. The maximum Gasteiger partial charge on any atom is 0.229 e. The first kappa shape index (κ1) is 21.1. The molecule has 0 radical (unpaired) electrons. The number of fused-ring (bicyclic) bond motifs is 1. The fourth-order valence-corrected chi connectivity index (χ4v) is 4.52. The quantitative estimate of drug-likeness (QED) is 0.674. The molecule has 1 fully saturated rings. The van der Waals surface area contributed by atoms with Gasteiger partial charge in [0.1, 0.15) is 11.7 Å². The number of methoxy groups -OCH3 is 1. The molecule has 1 unspecified atom stereocenters. The van der Waals surface area contributed by atoms with Gasteiger partial charge in [0.05, 0.1) is 30.7 Å². The number of anilines is 3. The van der Waals surface area contributed by atoms with Crippen LogP contribution < -0.4 is 20.6 Å². The standard InChI is InChI=1S/C22H29N5O4/c1-22(2)11-24-14-10-23-21(26-19(14)27(12-22)13-6-4-5-7-13)25-18-16(31-3)9-8-15(28)17(18)20(29)30/h8-10,13,17,24H,4-7,11-12H2,1-3H3,(H,29,30)(H,23,25,26)/p-1. The number of aromatic nitrogens is 2. The van der Waals surface area contributed by atoms with E-state index in [1.54, 1.807) is 6.20 Å². The molecule has 0 saturated heterocycles. The molecular formula is C22H28N5O4-. The average Bonchev–Trinajstić information content (AvgIpc) is 3.21. The number of allylic oxidation sites excluding steroid dienone is 2. The highest BCUT2D eigenvalue weighted by molar-refractivity contribution is 6.08. The second-order valence-electron chi connectivity index (χ2n) is 9.11. The fraction of sp³-hybridized carbons (Fsp3) is 0.545. The van der Waals surface area contributed by atoms with Gasteiger partial charge in [-0.15, -0.1) is 0 Å². The Morgan fingerprint density at radius 2 is 2.06 bits per heavy atom. The SMILES string of the molecule is COC1=C(Nc2ncc3c(n2)N(C2CCCC2)CC(C)(C)CN3)C(C(=O)[O-])C(=O)C=C1. The van der Waals surface area contributed by atoms with Crippen LogP contribution in [0.4, 0.5) is 17.5 Å². The Kier molecular flexibility index (Phi) is 5.60. The number of hydrogen-bond acceptors (Lipinski definition) is 9. The molecule has 4 rings (SSSR count). The number of carbonyl (C=O) groups is 2. The van der Waals surface area contributed by atoms with Crippen LogP contribution >= 0.6 is 0 Å². The van der Waals surface area contributed by atoms with Crippen LogP contribution in [0.2, 0.25) is 0 Å². The van der Waals surface area contributed by atoms with Crippen molar-refractivity contribution in [3.8, 4) is 0 Å². The molecule has 2 heterocycles. The Balaban J connectivity index is 1.71. The molecule has 1 aromatic rings. The lowest BCUT2D eigenvalue weighted by molar-refractivity contribution is -0.308. The first-order valence-electron chi connectivity index (χ1n) is 10.6. The lowest BCUT2D eigenvalue weighted by atomic mass is 9.92. The lowest BCUT2D eigenvalue weighted by Gasteiger charge is -2.35. The number of nitrogens with zero attached hydrogens (tertiary/aromatic N) is 3. The summed E-state index contributed by atoms with van der Waals surface area (Å²) in [7, 11) is 1.41. The zero-order valence-electron chi connectivity index (χ0n) is 18.1. The van der Waals surface area contributed by atoms with Crippen LogP contribution in [-0.4, -0.2) is 48.0 Å². The van der Waals surface area contributed by atoms with Crippen LogP contribution in [0.1, 0.15) is 39.5 Å². The highest BCUT2D eigenvalue weighted by Crippen LogP contribution is 2.37. The molecule has 1 aromatic heterocycles. The number of carbonyl (C=O) groups excluding carboxylic acids is 2. The zero-order chi connectivity index (χ0) is 22.2. The Bertz CT molecular complexity index is 949. The number of carboxylic acids is 1. The number of nitrogens with one attached hydrogen (secondary N) is 2. The van der Waals surface area contributed by atoms with Crippen molar-refractivity contribution in [2.24, 2.45) is 11.3 Å². The Morgan fingerprint density at radius 3 is 2.74 bits per heavy atom. The molecule has 0 bridgehead atoms. The van der Waals surface area contributed by atoms with Crippen LogP contribution in [0.5, 0.6) is 0 Å². The van der Waals surface area contributed by atoms with Gasteiger partial charge in [-0.2, -0.15) is 4.98 Å². The third-order valence-corrected chi connectivity index (χ3v) is 6.10. The van der Waals surface area contributed by atoms with Crippen LogP contribution in [0.25, 0.3) is 0 Å². The van der Waals surface area contributed by atoms with Crippen LogP contribution in [0.3, 0.4) is 0 Å².